The number of hydrogen-bond donors (Lipinski definition) is 0. The number of aryl methyl sites for hydroxylation is 1. The molecule has 1 aromatic carbocycles. The average Bonchev–Trinajstić information content (AvgIpc) is 3.75. The fourth-order valence-electron chi connectivity index (χ4n) is 6.48. The number of rotatable bonds is 17. The van der Waals surface area contributed by atoms with Crippen LogP contribution in [0.4, 0.5) is 0 Å². The van der Waals surface area contributed by atoms with Gasteiger partial charge in [0.1, 0.15) is 78.9 Å². The van der Waals surface area contributed by atoms with Gasteiger partial charge in [0.2, 0.25) is 0 Å². The van der Waals surface area contributed by atoms with Gasteiger partial charge in [-0.2, -0.15) is 0 Å². The lowest BCUT2D eigenvalue weighted by Crippen LogP contribution is -2.32. The average molecular weight is 559 g/mol. The number of hydrogen-bond acceptors (Lipinski definition) is 12. The molecule has 0 aliphatic carbocycles. The minimum absolute atomic E-state index is 0.0224. The van der Waals surface area contributed by atoms with Crippen molar-refractivity contribution in [2.45, 2.75) is 73.4 Å². The summed E-state index contributed by atoms with van der Waals surface area (Å²) in [6, 6.07) is 4.53. The summed E-state index contributed by atoms with van der Waals surface area (Å²) in [7, 11) is 0. The molecule has 0 aromatic heterocycles. The van der Waals surface area contributed by atoms with Crippen molar-refractivity contribution < 1.29 is 47.4 Å². The zero-order valence-electron chi connectivity index (χ0n) is 22.4. The second-order valence-electron chi connectivity index (χ2n) is 12.5. The molecule has 0 spiro atoms. The highest BCUT2D eigenvalue weighted by molar-refractivity contribution is 5.61. The number of benzene rings is 1. The number of nitrogens with zero attached hydrogens (tertiary/aromatic N) is 2. The Labute approximate surface area is 231 Å². The van der Waals surface area contributed by atoms with Crippen LogP contribution in [-0.4, -0.2) is 131 Å². The molecule has 0 bridgehead atoms. The maximum absolute atomic E-state index is 6.47. The van der Waals surface area contributed by atoms with Gasteiger partial charge < -0.3 is 47.4 Å². The van der Waals surface area contributed by atoms with E-state index >= 15 is 0 Å². The summed E-state index contributed by atoms with van der Waals surface area (Å²) in [5.41, 5.74) is 2.68. The highest BCUT2D eigenvalue weighted by Gasteiger charge is 2.91. The summed E-state index contributed by atoms with van der Waals surface area (Å²) < 4.78 is 58.8. The summed E-state index contributed by atoms with van der Waals surface area (Å²) >= 11 is 0. The minimum Gasteiger partial charge on any atom is -0.490 e. The molecule has 0 N–H and O–H groups in total. The van der Waals surface area contributed by atoms with Gasteiger partial charge in [0.15, 0.2) is 0 Å². The van der Waals surface area contributed by atoms with Crippen molar-refractivity contribution in [1.82, 2.24) is 9.80 Å². The molecule has 10 rings (SSSR count). The lowest BCUT2D eigenvalue weighted by atomic mass is 9.90. The third-order valence-corrected chi connectivity index (χ3v) is 9.45. The zero-order chi connectivity index (χ0) is 26.2. The van der Waals surface area contributed by atoms with Crippen molar-refractivity contribution in [3.8, 4) is 5.75 Å². The maximum Gasteiger partial charge on any atom is 0.140 e. The molecule has 9 atom stereocenters. The summed E-state index contributed by atoms with van der Waals surface area (Å²) in [5, 5.41) is 0. The maximum atomic E-state index is 6.47. The Bertz CT molecular complexity index is 1160. The van der Waals surface area contributed by atoms with Crippen LogP contribution in [0.2, 0.25) is 0 Å². The van der Waals surface area contributed by atoms with Crippen LogP contribution < -0.4 is 4.74 Å². The van der Waals surface area contributed by atoms with Crippen LogP contribution in [-0.2, 0) is 53.7 Å². The number of fused-ring (bicyclic) bond motifs is 2. The summed E-state index contributed by atoms with van der Waals surface area (Å²) in [5.74, 6) is 0.892. The lowest BCUT2D eigenvalue weighted by molar-refractivity contribution is -0.0414. The molecule has 9 fully saturated rings. The predicted octanol–water partition coefficient (Wildman–Crippen LogP) is -0.212. The van der Waals surface area contributed by atoms with Gasteiger partial charge in [-0.25, -0.2) is 9.80 Å². The van der Waals surface area contributed by atoms with Crippen LogP contribution in [0.5, 0.6) is 5.75 Å². The number of ether oxygens (including phenoxy) is 10. The molecule has 12 heteroatoms. The molecule has 9 aliphatic heterocycles. The van der Waals surface area contributed by atoms with Gasteiger partial charge in [0, 0.05) is 5.56 Å². The molecular formula is C28H34N2O10. The number of epoxide rings is 5. The standard InChI is InChI=1S/C28H34N2O10/c1-14-2-15(27-23(37-10-17-5-32-17)29(27)24(27)38-11-18-6-33-18)3-21(22(14)36-9-16-4-31-16)28-25(39-12-19-7-34-19)30(28)26(28)40-13-20-8-35-20/h2-3,16-20,23-26H,4-13H2,1H3. The van der Waals surface area contributed by atoms with Crippen molar-refractivity contribution in [2.75, 3.05) is 66.1 Å². The monoisotopic (exact) mass is 558 g/mol. The van der Waals surface area contributed by atoms with Crippen molar-refractivity contribution in [3.05, 3.63) is 28.8 Å². The second kappa shape index (κ2) is 8.35. The van der Waals surface area contributed by atoms with Crippen LogP contribution in [0.3, 0.4) is 0 Å². The molecule has 0 radical (unpaired) electrons. The SMILES string of the molecule is Cc1cc(C23C(OCC4CO4)N2C3OCC2CO2)cc(C23C(OCC4CO4)N2C3OCC2CO2)c1OCC1CO1. The Balaban J connectivity index is 0.978. The topological polar surface area (TPSA) is 115 Å². The molecule has 40 heavy (non-hydrogen) atoms. The van der Waals surface area contributed by atoms with E-state index in [0.29, 0.717) is 33.0 Å². The van der Waals surface area contributed by atoms with E-state index in [1.54, 1.807) is 0 Å². The van der Waals surface area contributed by atoms with Gasteiger partial charge in [0.25, 0.3) is 0 Å². The van der Waals surface area contributed by atoms with Gasteiger partial charge in [-0.05, 0) is 24.1 Å². The molecule has 12 nitrogen and oxygen atoms in total. The van der Waals surface area contributed by atoms with E-state index in [1.807, 2.05) is 0 Å². The quantitative estimate of drug-likeness (QED) is 0.236. The highest BCUT2D eigenvalue weighted by atomic mass is 16.7. The molecule has 9 aliphatic rings. The first-order valence-corrected chi connectivity index (χ1v) is 14.6. The van der Waals surface area contributed by atoms with Gasteiger partial charge in [0.05, 0.1) is 59.5 Å². The zero-order valence-corrected chi connectivity index (χ0v) is 22.4. The lowest BCUT2D eigenvalue weighted by Gasteiger charge is -2.23. The Hall–Kier alpha value is -1.42. The minimum atomic E-state index is -0.383. The third kappa shape index (κ3) is 3.79. The molecule has 9 unspecified atom stereocenters. The van der Waals surface area contributed by atoms with Crippen molar-refractivity contribution in [1.29, 1.82) is 0 Å². The van der Waals surface area contributed by atoms with Gasteiger partial charge in [-0.3, -0.25) is 0 Å². The molecular weight excluding hydrogens is 524 g/mol. The van der Waals surface area contributed by atoms with Crippen LogP contribution in [0.1, 0.15) is 16.7 Å². The fourth-order valence-corrected chi connectivity index (χ4v) is 6.48. The third-order valence-electron chi connectivity index (χ3n) is 9.45. The molecule has 0 amide bonds. The first-order chi connectivity index (χ1) is 19.7. The largest absolute Gasteiger partial charge is 0.490 e. The highest BCUT2D eigenvalue weighted by Crippen LogP contribution is 2.75. The Kier molecular flexibility index (Phi) is 5.03. The van der Waals surface area contributed by atoms with Gasteiger partial charge in [-0.15, -0.1) is 0 Å². The van der Waals surface area contributed by atoms with Crippen LogP contribution in [0.25, 0.3) is 0 Å². The smallest absolute Gasteiger partial charge is 0.140 e. The Morgan fingerprint density at radius 2 is 1.02 bits per heavy atom. The Morgan fingerprint density at radius 3 is 1.48 bits per heavy atom. The summed E-state index contributed by atoms with van der Waals surface area (Å²) in [4.78, 5) is 4.60. The van der Waals surface area contributed by atoms with E-state index < -0.39 is 0 Å². The first-order valence-electron chi connectivity index (χ1n) is 14.6. The molecule has 216 valence electrons. The van der Waals surface area contributed by atoms with Gasteiger partial charge in [-0.1, -0.05) is 6.07 Å². The molecule has 9 saturated heterocycles. The van der Waals surface area contributed by atoms with Gasteiger partial charge >= 0.3 is 0 Å². The van der Waals surface area contributed by atoms with E-state index in [0.717, 1.165) is 49.9 Å². The summed E-state index contributed by atoms with van der Waals surface area (Å²) in [6.07, 6.45) is 0.784. The summed E-state index contributed by atoms with van der Waals surface area (Å²) in [6.45, 7) is 8.86. The van der Waals surface area contributed by atoms with Crippen molar-refractivity contribution in [3.63, 3.8) is 0 Å². The van der Waals surface area contributed by atoms with E-state index in [-0.39, 0.29) is 66.5 Å². The van der Waals surface area contributed by atoms with E-state index in [2.05, 4.69) is 28.9 Å². The Morgan fingerprint density at radius 1 is 0.625 bits per heavy atom. The molecule has 0 saturated carbocycles. The van der Waals surface area contributed by atoms with Crippen LogP contribution in [0, 0.1) is 6.92 Å². The van der Waals surface area contributed by atoms with Crippen molar-refractivity contribution >= 4 is 0 Å². The van der Waals surface area contributed by atoms with E-state index in [9.17, 15) is 0 Å². The first kappa shape index (κ1) is 24.1. The predicted molar refractivity (Wildman–Crippen MR) is 131 cm³/mol. The second-order valence-corrected chi connectivity index (χ2v) is 12.5. The fraction of sp³-hybridized carbons (Fsp3) is 0.786. The van der Waals surface area contributed by atoms with Crippen LogP contribution in [0.15, 0.2) is 12.1 Å². The molecule has 9 heterocycles. The molecule has 1 aromatic rings. The van der Waals surface area contributed by atoms with E-state index in [4.69, 9.17) is 47.4 Å². The van der Waals surface area contributed by atoms with Crippen molar-refractivity contribution in [2.24, 2.45) is 0 Å². The normalized spacial score (nSPS) is 50.5. The van der Waals surface area contributed by atoms with Crippen LogP contribution >= 0.6 is 0 Å². The van der Waals surface area contributed by atoms with E-state index in [1.165, 1.54) is 5.56 Å².